The zero-order valence-corrected chi connectivity index (χ0v) is 13.1. The third kappa shape index (κ3) is 4.73. The van der Waals surface area contributed by atoms with Crippen molar-refractivity contribution in [2.24, 2.45) is 5.14 Å². The highest BCUT2D eigenvalue weighted by Crippen LogP contribution is 2.19. The van der Waals surface area contributed by atoms with Crippen LogP contribution in [-0.2, 0) is 14.8 Å². The van der Waals surface area contributed by atoms with Gasteiger partial charge in [-0.15, -0.1) is 0 Å². The molecule has 0 heterocycles. The van der Waals surface area contributed by atoms with Gasteiger partial charge in [-0.3, -0.25) is 4.79 Å². The first-order valence-corrected chi connectivity index (χ1v) is 8.18. The predicted octanol–water partition coefficient (Wildman–Crippen LogP) is 2.43. The highest BCUT2D eigenvalue weighted by Gasteiger charge is 2.12. The van der Waals surface area contributed by atoms with Gasteiger partial charge >= 0.3 is 0 Å². The Balaban J connectivity index is 2.15. The van der Waals surface area contributed by atoms with Gasteiger partial charge in [-0.25, -0.2) is 17.9 Å². The van der Waals surface area contributed by atoms with E-state index in [9.17, 15) is 17.6 Å². The number of aryl methyl sites for hydroxylation is 1. The summed E-state index contributed by atoms with van der Waals surface area (Å²) in [6, 6.07) is 10.2. The molecule has 5 nitrogen and oxygen atoms in total. The number of nitrogens with one attached hydrogen (secondary N) is 1. The molecular formula is C16H15FN2O3S. The summed E-state index contributed by atoms with van der Waals surface area (Å²) in [5, 5.41) is 7.64. The Kier molecular flexibility index (Phi) is 4.92. The molecule has 3 N–H and O–H groups in total. The molecule has 1 amide bonds. The number of primary sulfonamides is 1. The number of hydrogen-bond donors (Lipinski definition) is 2. The largest absolute Gasteiger partial charge is 0.322 e. The number of carbonyl (C=O) groups excluding carboxylic acids is 1. The zero-order chi connectivity index (χ0) is 17.0. The average molecular weight is 334 g/mol. The van der Waals surface area contributed by atoms with Crippen molar-refractivity contribution in [2.75, 3.05) is 5.32 Å². The van der Waals surface area contributed by atoms with Gasteiger partial charge < -0.3 is 5.32 Å². The van der Waals surface area contributed by atoms with Crippen LogP contribution in [0.3, 0.4) is 0 Å². The molecule has 0 aliphatic heterocycles. The molecule has 2 rings (SSSR count). The molecule has 0 radical (unpaired) electrons. The molecule has 0 fully saturated rings. The van der Waals surface area contributed by atoms with Gasteiger partial charge in [0.05, 0.1) is 4.90 Å². The number of sulfonamides is 1. The second-order valence-corrected chi connectivity index (χ2v) is 6.43. The van der Waals surface area contributed by atoms with Crippen molar-refractivity contribution < 1.29 is 17.6 Å². The van der Waals surface area contributed by atoms with E-state index in [1.807, 2.05) is 0 Å². The number of halogens is 1. The Morgan fingerprint density at radius 2 is 1.96 bits per heavy atom. The van der Waals surface area contributed by atoms with Gasteiger partial charge in [0.2, 0.25) is 15.9 Å². The van der Waals surface area contributed by atoms with Crippen LogP contribution in [-0.4, -0.2) is 14.3 Å². The van der Waals surface area contributed by atoms with Crippen molar-refractivity contribution in [1.82, 2.24) is 0 Å². The van der Waals surface area contributed by atoms with Gasteiger partial charge in [0.15, 0.2) is 0 Å². The first-order chi connectivity index (χ1) is 10.8. The number of anilines is 1. The van der Waals surface area contributed by atoms with Crippen molar-refractivity contribution in [3.05, 3.63) is 65.5 Å². The summed E-state index contributed by atoms with van der Waals surface area (Å²) in [5.41, 5.74) is 1.32. The minimum atomic E-state index is -3.86. The molecule has 0 bridgehead atoms. The molecule has 0 aromatic heterocycles. The number of rotatable bonds is 4. The maximum absolute atomic E-state index is 13.0. The number of nitrogens with two attached hydrogens (primary N) is 1. The van der Waals surface area contributed by atoms with Crippen LogP contribution in [0.2, 0.25) is 0 Å². The van der Waals surface area contributed by atoms with Gasteiger partial charge in [0, 0.05) is 11.8 Å². The molecule has 7 heteroatoms. The van der Waals surface area contributed by atoms with Crippen LogP contribution in [0.25, 0.3) is 6.08 Å². The fraction of sp³-hybridized carbons (Fsp3) is 0.0625. The summed E-state index contributed by atoms with van der Waals surface area (Å²) >= 11 is 0. The van der Waals surface area contributed by atoms with Gasteiger partial charge in [-0.05, 0) is 48.4 Å². The van der Waals surface area contributed by atoms with Crippen LogP contribution in [0, 0.1) is 12.7 Å². The SMILES string of the molecule is Cc1ccc(NC(=O)/C=C/c2cccc(F)c2)cc1S(N)(=O)=O. The maximum Gasteiger partial charge on any atom is 0.248 e. The molecule has 0 unspecified atom stereocenters. The van der Waals surface area contributed by atoms with E-state index in [1.165, 1.54) is 36.4 Å². The summed E-state index contributed by atoms with van der Waals surface area (Å²) in [7, 11) is -3.86. The van der Waals surface area contributed by atoms with Crippen LogP contribution in [0.5, 0.6) is 0 Å². The van der Waals surface area contributed by atoms with E-state index >= 15 is 0 Å². The molecule has 0 aliphatic rings. The van der Waals surface area contributed by atoms with Crippen molar-refractivity contribution in [1.29, 1.82) is 0 Å². The Hall–Kier alpha value is -2.51. The van der Waals surface area contributed by atoms with Crippen molar-refractivity contribution in [2.45, 2.75) is 11.8 Å². The quantitative estimate of drug-likeness (QED) is 0.842. The van der Waals surface area contributed by atoms with Crippen molar-refractivity contribution in [3.63, 3.8) is 0 Å². The number of hydrogen-bond acceptors (Lipinski definition) is 3. The van der Waals surface area contributed by atoms with Crippen LogP contribution in [0.1, 0.15) is 11.1 Å². The Morgan fingerprint density at radius 1 is 1.22 bits per heavy atom. The number of amides is 1. The lowest BCUT2D eigenvalue weighted by Gasteiger charge is -2.07. The molecule has 0 saturated carbocycles. The first-order valence-electron chi connectivity index (χ1n) is 6.64. The standard InChI is InChI=1S/C16H15FN2O3S/c1-11-5-7-14(10-15(11)23(18,21)22)19-16(20)8-6-12-3-2-4-13(17)9-12/h2-10H,1H3,(H,19,20)(H2,18,21,22)/b8-6+. The second kappa shape index (κ2) is 6.72. The first kappa shape index (κ1) is 16.9. The molecule has 0 spiro atoms. The molecule has 0 saturated heterocycles. The van der Waals surface area contributed by atoms with Crippen LogP contribution in [0.15, 0.2) is 53.4 Å². The summed E-state index contributed by atoms with van der Waals surface area (Å²) in [4.78, 5) is 11.8. The summed E-state index contributed by atoms with van der Waals surface area (Å²) in [6.07, 6.45) is 2.68. The van der Waals surface area contributed by atoms with Crippen LogP contribution >= 0.6 is 0 Å². The zero-order valence-electron chi connectivity index (χ0n) is 12.3. The Morgan fingerprint density at radius 3 is 2.61 bits per heavy atom. The lowest BCUT2D eigenvalue weighted by molar-refractivity contribution is -0.111. The predicted molar refractivity (Wildman–Crippen MR) is 86.6 cm³/mol. The molecule has 2 aromatic rings. The van der Waals surface area contributed by atoms with E-state index in [0.29, 0.717) is 16.8 Å². The third-order valence-electron chi connectivity index (χ3n) is 3.04. The summed E-state index contributed by atoms with van der Waals surface area (Å²) in [5.74, 6) is -0.873. The van der Waals surface area contributed by atoms with E-state index < -0.39 is 21.7 Å². The molecular weight excluding hydrogens is 319 g/mol. The normalized spacial score (nSPS) is 11.6. The van der Waals surface area contributed by atoms with Crippen LogP contribution < -0.4 is 10.5 Å². The minimum Gasteiger partial charge on any atom is -0.322 e. The van der Waals surface area contributed by atoms with E-state index in [1.54, 1.807) is 25.1 Å². The topological polar surface area (TPSA) is 89.3 Å². The second-order valence-electron chi connectivity index (χ2n) is 4.90. The molecule has 0 atom stereocenters. The smallest absolute Gasteiger partial charge is 0.248 e. The van der Waals surface area contributed by atoms with E-state index in [-0.39, 0.29) is 4.90 Å². The van der Waals surface area contributed by atoms with Gasteiger partial charge in [0.1, 0.15) is 5.82 Å². The molecule has 23 heavy (non-hydrogen) atoms. The Bertz CT molecular complexity index is 877. The highest BCUT2D eigenvalue weighted by molar-refractivity contribution is 7.89. The molecule has 0 aliphatic carbocycles. The van der Waals surface area contributed by atoms with E-state index in [4.69, 9.17) is 5.14 Å². The summed E-state index contributed by atoms with van der Waals surface area (Å²) < 4.78 is 35.9. The van der Waals surface area contributed by atoms with Gasteiger partial charge in [0.25, 0.3) is 0 Å². The fourth-order valence-electron chi connectivity index (χ4n) is 1.95. The lowest BCUT2D eigenvalue weighted by atomic mass is 10.2. The number of benzene rings is 2. The van der Waals surface area contributed by atoms with Crippen LogP contribution in [0.4, 0.5) is 10.1 Å². The molecule has 2 aromatic carbocycles. The van der Waals surface area contributed by atoms with Crippen molar-refractivity contribution in [3.8, 4) is 0 Å². The molecule has 120 valence electrons. The highest BCUT2D eigenvalue weighted by atomic mass is 32.2. The van der Waals surface area contributed by atoms with E-state index in [0.717, 1.165) is 0 Å². The van der Waals surface area contributed by atoms with Gasteiger partial charge in [-0.2, -0.15) is 0 Å². The number of carbonyl (C=O) groups is 1. The third-order valence-corrected chi connectivity index (χ3v) is 4.09. The fourth-order valence-corrected chi connectivity index (χ4v) is 2.76. The van der Waals surface area contributed by atoms with E-state index in [2.05, 4.69) is 5.32 Å². The maximum atomic E-state index is 13.0. The van der Waals surface area contributed by atoms with Gasteiger partial charge in [-0.1, -0.05) is 18.2 Å². The lowest BCUT2D eigenvalue weighted by Crippen LogP contribution is -2.15. The minimum absolute atomic E-state index is 0.0515. The summed E-state index contributed by atoms with van der Waals surface area (Å²) in [6.45, 7) is 1.61. The average Bonchev–Trinajstić information content (AvgIpc) is 2.46. The van der Waals surface area contributed by atoms with Crippen molar-refractivity contribution >= 4 is 27.7 Å². The Labute approximate surface area is 133 Å². The monoisotopic (exact) mass is 334 g/mol.